The molecule has 0 saturated carbocycles. The number of benzene rings is 2. The summed E-state index contributed by atoms with van der Waals surface area (Å²) < 4.78 is 50.7. The van der Waals surface area contributed by atoms with Crippen LogP contribution in [0.4, 0.5) is 18.9 Å². The van der Waals surface area contributed by atoms with Crippen LogP contribution in [0.15, 0.2) is 42.5 Å². The van der Waals surface area contributed by atoms with Crippen molar-refractivity contribution in [3.8, 4) is 5.75 Å². The minimum atomic E-state index is -4.41. The van der Waals surface area contributed by atoms with E-state index in [2.05, 4.69) is 5.32 Å². The van der Waals surface area contributed by atoms with E-state index in [0.717, 1.165) is 17.7 Å². The molecule has 0 aliphatic carbocycles. The first kappa shape index (κ1) is 16.2. The maximum absolute atomic E-state index is 13.0. The number of alkyl halides is 3. The normalized spacial score (nSPS) is 25.6. The summed E-state index contributed by atoms with van der Waals surface area (Å²) in [6, 6.07) is 9.98. The number of nitrogens with one attached hydrogen (secondary N) is 1. The van der Waals surface area contributed by atoms with E-state index >= 15 is 0 Å². The lowest BCUT2D eigenvalue weighted by molar-refractivity contribution is -0.152. The van der Waals surface area contributed by atoms with E-state index in [4.69, 9.17) is 9.47 Å². The molecule has 2 unspecified atom stereocenters. The Morgan fingerprint density at radius 2 is 1.84 bits per heavy atom. The molecule has 2 aromatic rings. The maximum Gasteiger partial charge on any atom is 0.416 e. The van der Waals surface area contributed by atoms with E-state index < -0.39 is 23.9 Å². The van der Waals surface area contributed by atoms with Crippen molar-refractivity contribution >= 4 is 5.69 Å². The van der Waals surface area contributed by atoms with Gasteiger partial charge in [-0.3, -0.25) is 0 Å². The molecule has 2 N–H and O–H groups in total. The van der Waals surface area contributed by atoms with Gasteiger partial charge in [0.2, 0.25) is 0 Å². The summed E-state index contributed by atoms with van der Waals surface area (Å²) in [5.74, 6) is 0.116. The monoisotopic (exact) mass is 351 g/mol. The van der Waals surface area contributed by atoms with Gasteiger partial charge >= 0.3 is 6.18 Å². The molecule has 132 valence electrons. The largest absolute Gasteiger partial charge is 0.508 e. The molecule has 0 aromatic heterocycles. The number of hydrogen-bond acceptors (Lipinski definition) is 4. The van der Waals surface area contributed by atoms with Crippen LogP contribution in [0.3, 0.4) is 0 Å². The molecular formula is C18H16F3NO3. The van der Waals surface area contributed by atoms with Crippen molar-refractivity contribution in [1.29, 1.82) is 0 Å². The topological polar surface area (TPSA) is 50.7 Å². The van der Waals surface area contributed by atoms with Crippen LogP contribution in [0.1, 0.15) is 28.8 Å². The Bertz CT molecular complexity index is 793. The van der Waals surface area contributed by atoms with Gasteiger partial charge in [0, 0.05) is 11.3 Å². The molecule has 0 amide bonds. The second-order valence-corrected chi connectivity index (χ2v) is 6.14. The molecule has 2 heterocycles. The first-order valence-electron chi connectivity index (χ1n) is 7.93. The SMILES string of the molecule is Oc1cccc([C@@H]2Nc3ccc(C(F)(F)F)cc3C3OCCOC32)c1. The third-order valence-corrected chi connectivity index (χ3v) is 4.54. The van der Waals surface area contributed by atoms with Gasteiger partial charge in [0.05, 0.1) is 24.8 Å². The Morgan fingerprint density at radius 1 is 1.04 bits per heavy atom. The summed E-state index contributed by atoms with van der Waals surface area (Å²) in [4.78, 5) is 0. The lowest BCUT2D eigenvalue weighted by Crippen LogP contribution is -2.43. The number of halogens is 3. The molecule has 25 heavy (non-hydrogen) atoms. The fraction of sp³-hybridized carbons (Fsp3) is 0.333. The zero-order valence-corrected chi connectivity index (χ0v) is 13.1. The van der Waals surface area contributed by atoms with Crippen molar-refractivity contribution in [2.24, 2.45) is 0 Å². The van der Waals surface area contributed by atoms with E-state index in [9.17, 15) is 18.3 Å². The van der Waals surface area contributed by atoms with Crippen LogP contribution < -0.4 is 5.32 Å². The summed E-state index contributed by atoms with van der Waals surface area (Å²) in [7, 11) is 0. The molecule has 0 bridgehead atoms. The first-order valence-corrected chi connectivity index (χ1v) is 7.93. The number of anilines is 1. The van der Waals surface area contributed by atoms with E-state index in [0.29, 0.717) is 24.5 Å². The lowest BCUT2D eigenvalue weighted by Gasteiger charge is -2.43. The summed E-state index contributed by atoms with van der Waals surface area (Å²) >= 11 is 0. The van der Waals surface area contributed by atoms with Gasteiger partial charge in [-0.1, -0.05) is 12.1 Å². The molecule has 1 fully saturated rings. The van der Waals surface area contributed by atoms with Gasteiger partial charge in [0.15, 0.2) is 0 Å². The van der Waals surface area contributed by atoms with Crippen LogP contribution in [-0.4, -0.2) is 24.4 Å². The van der Waals surface area contributed by atoms with Gasteiger partial charge in [-0.25, -0.2) is 0 Å². The molecule has 0 spiro atoms. The highest BCUT2D eigenvalue weighted by molar-refractivity contribution is 5.59. The zero-order valence-electron chi connectivity index (χ0n) is 13.1. The highest BCUT2D eigenvalue weighted by Gasteiger charge is 2.42. The molecule has 4 rings (SSSR count). The third kappa shape index (κ3) is 2.94. The maximum atomic E-state index is 13.0. The van der Waals surface area contributed by atoms with Gasteiger partial charge in [0.1, 0.15) is 18.0 Å². The van der Waals surface area contributed by atoms with Gasteiger partial charge in [-0.05, 0) is 35.9 Å². The molecule has 0 radical (unpaired) electrons. The molecule has 2 aromatic carbocycles. The molecule has 3 atom stereocenters. The fourth-order valence-electron chi connectivity index (χ4n) is 3.43. The van der Waals surface area contributed by atoms with E-state index in [-0.39, 0.29) is 11.8 Å². The Kier molecular flexibility index (Phi) is 3.85. The molecule has 7 heteroatoms. The number of rotatable bonds is 1. The van der Waals surface area contributed by atoms with Crippen LogP contribution in [0.5, 0.6) is 5.75 Å². The van der Waals surface area contributed by atoms with Crippen molar-refractivity contribution in [3.05, 3.63) is 59.2 Å². The average Bonchev–Trinajstić information content (AvgIpc) is 2.60. The minimum Gasteiger partial charge on any atom is -0.508 e. The van der Waals surface area contributed by atoms with Gasteiger partial charge in [-0.2, -0.15) is 13.2 Å². The molecular weight excluding hydrogens is 335 g/mol. The standard InChI is InChI=1S/C18H16F3NO3/c19-18(20,21)11-4-5-14-13(9-11)16-17(25-7-6-24-16)15(22-14)10-2-1-3-12(23)8-10/h1-5,8-9,15-17,22-23H,6-7H2/t15-,16?,17?/m0/s1. The van der Waals surface area contributed by atoms with Crippen molar-refractivity contribution in [3.63, 3.8) is 0 Å². The van der Waals surface area contributed by atoms with E-state index in [1.165, 1.54) is 6.07 Å². The van der Waals surface area contributed by atoms with Crippen molar-refractivity contribution in [2.45, 2.75) is 24.4 Å². The van der Waals surface area contributed by atoms with Crippen LogP contribution in [0, 0.1) is 0 Å². The predicted molar refractivity (Wildman–Crippen MR) is 84.3 cm³/mol. The second kappa shape index (κ2) is 5.93. The summed E-state index contributed by atoms with van der Waals surface area (Å²) in [5, 5.41) is 13.0. The van der Waals surface area contributed by atoms with Crippen LogP contribution in [-0.2, 0) is 15.7 Å². The number of ether oxygens (including phenoxy) is 2. The molecule has 2 aliphatic rings. The number of phenols is 1. The third-order valence-electron chi connectivity index (χ3n) is 4.54. The van der Waals surface area contributed by atoms with Gasteiger partial charge in [-0.15, -0.1) is 0 Å². The Labute approximate surface area is 142 Å². The van der Waals surface area contributed by atoms with Crippen LogP contribution >= 0.6 is 0 Å². The highest BCUT2D eigenvalue weighted by atomic mass is 19.4. The first-order chi connectivity index (χ1) is 11.9. The summed E-state index contributed by atoms with van der Waals surface area (Å²) in [6.07, 6.45) is -5.49. The van der Waals surface area contributed by atoms with Gasteiger partial charge in [0.25, 0.3) is 0 Å². The number of phenolic OH excluding ortho intramolecular Hbond substituents is 1. The zero-order chi connectivity index (χ0) is 17.6. The van der Waals surface area contributed by atoms with Crippen molar-refractivity contribution in [1.82, 2.24) is 0 Å². The number of aromatic hydroxyl groups is 1. The Balaban J connectivity index is 1.78. The quantitative estimate of drug-likeness (QED) is 0.814. The fourth-order valence-corrected chi connectivity index (χ4v) is 3.43. The Morgan fingerprint density at radius 3 is 2.60 bits per heavy atom. The lowest BCUT2D eigenvalue weighted by atomic mass is 9.87. The van der Waals surface area contributed by atoms with E-state index in [1.54, 1.807) is 18.2 Å². The minimum absolute atomic E-state index is 0.116. The molecule has 1 saturated heterocycles. The summed E-state index contributed by atoms with van der Waals surface area (Å²) in [5.41, 5.74) is 1.09. The number of hydrogen-bond donors (Lipinski definition) is 2. The van der Waals surface area contributed by atoms with Crippen LogP contribution in [0.25, 0.3) is 0 Å². The van der Waals surface area contributed by atoms with Crippen molar-refractivity contribution < 1.29 is 27.8 Å². The molecule has 2 aliphatic heterocycles. The average molecular weight is 351 g/mol. The van der Waals surface area contributed by atoms with Crippen molar-refractivity contribution in [2.75, 3.05) is 18.5 Å². The van der Waals surface area contributed by atoms with E-state index in [1.807, 2.05) is 6.07 Å². The smallest absolute Gasteiger partial charge is 0.416 e. The molecule has 4 nitrogen and oxygen atoms in total. The Hall–Kier alpha value is -2.25. The second-order valence-electron chi connectivity index (χ2n) is 6.14. The van der Waals surface area contributed by atoms with Crippen LogP contribution in [0.2, 0.25) is 0 Å². The summed E-state index contributed by atoms with van der Waals surface area (Å²) in [6.45, 7) is 0.691. The van der Waals surface area contributed by atoms with Gasteiger partial charge < -0.3 is 19.9 Å². The number of fused-ring (bicyclic) bond motifs is 3. The predicted octanol–water partition coefficient (Wildman–Crippen LogP) is 4.03. The highest BCUT2D eigenvalue weighted by Crippen LogP contribution is 2.46.